The number of carbonyl (C=O) groups excluding carboxylic acids is 1. The van der Waals surface area contributed by atoms with Crippen LogP contribution in [-0.4, -0.2) is 23.2 Å². The number of aromatic nitrogens is 2. The lowest BCUT2D eigenvalue weighted by atomic mass is 10.1. The molecule has 5 nitrogen and oxygen atoms in total. The van der Waals surface area contributed by atoms with Gasteiger partial charge in [-0.1, -0.05) is 43.4 Å². The molecular weight excluding hydrogens is 298 g/mol. The molecule has 116 valence electrons. The fraction of sp³-hybridized carbons (Fsp3) is 0.312. The van der Waals surface area contributed by atoms with Crippen molar-refractivity contribution < 1.29 is 9.53 Å². The number of rotatable bonds is 6. The zero-order valence-corrected chi connectivity index (χ0v) is 13.7. The average molecular weight is 317 g/mol. The molecule has 1 amide bonds. The first-order chi connectivity index (χ1) is 10.6. The molecule has 0 saturated heterocycles. The van der Waals surface area contributed by atoms with Crippen LogP contribution in [0.1, 0.15) is 30.8 Å². The quantitative estimate of drug-likeness (QED) is 0.882. The second-order valence-electron chi connectivity index (χ2n) is 5.20. The minimum Gasteiger partial charge on any atom is -0.497 e. The number of hydrogen-bond donors (Lipinski definition) is 1. The third kappa shape index (κ3) is 4.96. The molecular formula is C16H19N3O2S. The molecule has 0 atom stereocenters. The molecule has 0 fully saturated rings. The number of nitrogens with one attached hydrogen (secondary N) is 1. The lowest BCUT2D eigenvalue weighted by Gasteiger charge is -2.02. The van der Waals surface area contributed by atoms with Gasteiger partial charge in [0, 0.05) is 6.42 Å². The van der Waals surface area contributed by atoms with E-state index < -0.39 is 0 Å². The van der Waals surface area contributed by atoms with Crippen LogP contribution < -0.4 is 10.1 Å². The second-order valence-corrected chi connectivity index (χ2v) is 6.21. The maximum atomic E-state index is 11.7. The molecule has 2 aromatic rings. The summed E-state index contributed by atoms with van der Waals surface area (Å²) in [6.07, 6.45) is 4.30. The lowest BCUT2D eigenvalue weighted by molar-refractivity contribution is -0.116. The van der Waals surface area contributed by atoms with E-state index in [1.807, 2.05) is 50.3 Å². The summed E-state index contributed by atoms with van der Waals surface area (Å²) in [5.74, 6) is 1.11. The minimum atomic E-state index is -0.0307. The molecule has 0 saturated carbocycles. The van der Waals surface area contributed by atoms with E-state index >= 15 is 0 Å². The van der Waals surface area contributed by atoms with Crippen molar-refractivity contribution >= 4 is 34.5 Å². The number of carbonyl (C=O) groups is 1. The molecule has 0 aliphatic heterocycles. The topological polar surface area (TPSA) is 64.1 Å². The SMILES string of the molecule is COc1ccc(C=Cc2nnc(NC(=O)CC(C)C)s2)cc1. The van der Waals surface area contributed by atoms with E-state index in [0.29, 0.717) is 17.5 Å². The number of amides is 1. The maximum Gasteiger partial charge on any atom is 0.226 e. The monoisotopic (exact) mass is 317 g/mol. The van der Waals surface area contributed by atoms with E-state index in [-0.39, 0.29) is 5.91 Å². The zero-order chi connectivity index (χ0) is 15.9. The third-order valence-electron chi connectivity index (χ3n) is 2.81. The van der Waals surface area contributed by atoms with Gasteiger partial charge in [0.05, 0.1) is 7.11 Å². The normalized spacial score (nSPS) is 11.1. The van der Waals surface area contributed by atoms with Crippen LogP contribution in [0.3, 0.4) is 0 Å². The van der Waals surface area contributed by atoms with Gasteiger partial charge in [-0.25, -0.2) is 0 Å². The van der Waals surface area contributed by atoms with E-state index in [2.05, 4.69) is 15.5 Å². The van der Waals surface area contributed by atoms with Crippen molar-refractivity contribution in [2.75, 3.05) is 12.4 Å². The summed E-state index contributed by atoms with van der Waals surface area (Å²) in [7, 11) is 1.64. The van der Waals surface area contributed by atoms with Gasteiger partial charge in [0.1, 0.15) is 10.8 Å². The maximum absolute atomic E-state index is 11.7. The average Bonchev–Trinajstić information content (AvgIpc) is 2.92. The Balaban J connectivity index is 1.96. The number of hydrogen-bond acceptors (Lipinski definition) is 5. The Labute approximate surface area is 134 Å². The first kappa shape index (κ1) is 16.2. The lowest BCUT2D eigenvalue weighted by Crippen LogP contribution is -2.13. The van der Waals surface area contributed by atoms with Crippen LogP contribution in [0.25, 0.3) is 12.2 Å². The predicted molar refractivity (Wildman–Crippen MR) is 89.9 cm³/mol. The van der Waals surface area contributed by atoms with Crippen LogP contribution in [-0.2, 0) is 4.79 Å². The van der Waals surface area contributed by atoms with Crippen molar-refractivity contribution in [1.82, 2.24) is 10.2 Å². The van der Waals surface area contributed by atoms with Gasteiger partial charge in [0.25, 0.3) is 0 Å². The van der Waals surface area contributed by atoms with E-state index in [9.17, 15) is 4.79 Å². The molecule has 1 aromatic heterocycles. The largest absolute Gasteiger partial charge is 0.497 e. The highest BCUT2D eigenvalue weighted by atomic mass is 32.1. The van der Waals surface area contributed by atoms with Crippen LogP contribution in [0.15, 0.2) is 24.3 Å². The Morgan fingerprint density at radius 3 is 2.64 bits per heavy atom. The van der Waals surface area contributed by atoms with Gasteiger partial charge in [0.15, 0.2) is 0 Å². The summed E-state index contributed by atoms with van der Waals surface area (Å²) in [4.78, 5) is 11.7. The number of nitrogens with zero attached hydrogens (tertiary/aromatic N) is 2. The highest BCUT2D eigenvalue weighted by Gasteiger charge is 2.08. The fourth-order valence-electron chi connectivity index (χ4n) is 1.78. The van der Waals surface area contributed by atoms with E-state index in [0.717, 1.165) is 16.3 Å². The summed E-state index contributed by atoms with van der Waals surface area (Å²) in [5, 5.41) is 12.0. The van der Waals surface area contributed by atoms with Gasteiger partial charge in [0.2, 0.25) is 11.0 Å². The molecule has 0 aliphatic carbocycles. The van der Waals surface area contributed by atoms with Gasteiger partial charge < -0.3 is 10.1 Å². The second kappa shape index (κ2) is 7.70. The van der Waals surface area contributed by atoms with Gasteiger partial charge in [-0.15, -0.1) is 10.2 Å². The highest BCUT2D eigenvalue weighted by Crippen LogP contribution is 2.19. The van der Waals surface area contributed by atoms with Crippen molar-refractivity contribution in [2.45, 2.75) is 20.3 Å². The number of ether oxygens (including phenoxy) is 1. The predicted octanol–water partition coefficient (Wildman–Crippen LogP) is 3.70. The molecule has 0 spiro atoms. The molecule has 2 rings (SSSR count). The van der Waals surface area contributed by atoms with Crippen molar-refractivity contribution in [1.29, 1.82) is 0 Å². The van der Waals surface area contributed by atoms with Crippen LogP contribution >= 0.6 is 11.3 Å². The van der Waals surface area contributed by atoms with E-state index in [1.54, 1.807) is 7.11 Å². The molecule has 1 aromatic carbocycles. The summed E-state index contributed by atoms with van der Waals surface area (Å²) in [5.41, 5.74) is 1.04. The molecule has 0 bridgehead atoms. The first-order valence-electron chi connectivity index (χ1n) is 7.02. The number of anilines is 1. The molecule has 6 heteroatoms. The number of benzene rings is 1. The van der Waals surface area contributed by atoms with Gasteiger partial charge in [-0.2, -0.15) is 0 Å². The Kier molecular flexibility index (Phi) is 5.66. The van der Waals surface area contributed by atoms with E-state index in [1.165, 1.54) is 11.3 Å². The summed E-state index contributed by atoms with van der Waals surface area (Å²) in [6.45, 7) is 4.01. The molecule has 0 radical (unpaired) electrons. The Bertz CT molecular complexity index is 648. The van der Waals surface area contributed by atoms with Crippen LogP contribution in [0, 0.1) is 5.92 Å². The van der Waals surface area contributed by atoms with E-state index in [4.69, 9.17) is 4.74 Å². The summed E-state index contributed by atoms with van der Waals surface area (Å²) >= 11 is 1.35. The Morgan fingerprint density at radius 2 is 2.00 bits per heavy atom. The van der Waals surface area contributed by atoms with Gasteiger partial charge >= 0.3 is 0 Å². The zero-order valence-electron chi connectivity index (χ0n) is 12.9. The molecule has 1 N–H and O–H groups in total. The molecule has 0 unspecified atom stereocenters. The molecule has 22 heavy (non-hydrogen) atoms. The molecule has 0 aliphatic rings. The van der Waals surface area contributed by atoms with Crippen LogP contribution in [0.4, 0.5) is 5.13 Å². The molecule has 1 heterocycles. The number of methoxy groups -OCH3 is 1. The summed E-state index contributed by atoms with van der Waals surface area (Å²) in [6, 6.07) is 7.72. The van der Waals surface area contributed by atoms with Crippen LogP contribution in [0.5, 0.6) is 5.75 Å². The smallest absolute Gasteiger partial charge is 0.226 e. The Morgan fingerprint density at radius 1 is 1.27 bits per heavy atom. The van der Waals surface area contributed by atoms with Crippen molar-refractivity contribution in [3.05, 3.63) is 34.8 Å². The standard InChI is InChI=1S/C16H19N3O2S/c1-11(2)10-14(20)17-16-19-18-15(22-16)9-6-12-4-7-13(21-3)8-5-12/h4-9,11H,10H2,1-3H3,(H,17,19,20). The third-order valence-corrected chi connectivity index (χ3v) is 3.62. The van der Waals surface area contributed by atoms with Gasteiger partial charge in [-0.3, -0.25) is 4.79 Å². The van der Waals surface area contributed by atoms with Crippen molar-refractivity contribution in [3.8, 4) is 5.75 Å². The Hall–Kier alpha value is -2.21. The first-order valence-corrected chi connectivity index (χ1v) is 7.84. The highest BCUT2D eigenvalue weighted by molar-refractivity contribution is 7.16. The van der Waals surface area contributed by atoms with Crippen molar-refractivity contribution in [3.63, 3.8) is 0 Å². The summed E-state index contributed by atoms with van der Waals surface area (Å²) < 4.78 is 5.12. The van der Waals surface area contributed by atoms with Gasteiger partial charge in [-0.05, 0) is 29.7 Å². The van der Waals surface area contributed by atoms with Crippen molar-refractivity contribution in [2.24, 2.45) is 5.92 Å². The minimum absolute atomic E-state index is 0.0307. The fourth-order valence-corrected chi connectivity index (χ4v) is 2.44. The van der Waals surface area contributed by atoms with Crippen LogP contribution in [0.2, 0.25) is 0 Å².